The van der Waals surface area contributed by atoms with Gasteiger partial charge in [-0.1, -0.05) is 25.1 Å². The van der Waals surface area contributed by atoms with Crippen molar-refractivity contribution in [2.24, 2.45) is 0 Å². The lowest BCUT2D eigenvalue weighted by molar-refractivity contribution is -0.135. The summed E-state index contributed by atoms with van der Waals surface area (Å²) in [6, 6.07) is 15.4. The van der Waals surface area contributed by atoms with Crippen molar-refractivity contribution in [1.29, 1.82) is 0 Å². The first-order chi connectivity index (χ1) is 18.4. The molecule has 3 aromatic rings. The Labute approximate surface area is 228 Å². The zero-order chi connectivity index (χ0) is 28.9. The SMILES string of the molecule is CCN(Cc1cc(C(=O)Oc2cccc([C@H](O)[C@@](C)(F)C(C)=O)c2)ccc1-c1cc(OC)ccc1F)C(C)C. The van der Waals surface area contributed by atoms with E-state index in [1.54, 1.807) is 30.3 Å². The molecule has 0 aliphatic carbocycles. The standard InChI is InChI=1S/C31H35F2NO5/c1-7-34(19(2)3)18-23-15-22(11-13-26(23)27-17-24(38-6)12-14-28(27)32)30(37)39-25-10-8-9-21(16-25)29(36)31(5,33)20(4)35/h8-17,19,29,36H,7,18H2,1-6H3/t29-,31-/m0/s1. The highest BCUT2D eigenvalue weighted by molar-refractivity contribution is 5.92. The Morgan fingerprint density at radius 2 is 1.74 bits per heavy atom. The maximum absolute atomic E-state index is 14.9. The molecule has 0 unspecified atom stereocenters. The second-order valence-corrected chi connectivity index (χ2v) is 9.87. The van der Waals surface area contributed by atoms with Crippen molar-refractivity contribution < 1.29 is 33.0 Å². The molecule has 6 nitrogen and oxygen atoms in total. The van der Waals surface area contributed by atoms with Gasteiger partial charge < -0.3 is 14.6 Å². The molecule has 0 amide bonds. The summed E-state index contributed by atoms with van der Waals surface area (Å²) in [6.45, 7) is 9.42. The molecule has 0 saturated carbocycles. The quantitative estimate of drug-likeness (QED) is 0.228. The number of carbonyl (C=O) groups is 2. The Morgan fingerprint density at radius 1 is 1.03 bits per heavy atom. The molecule has 1 N–H and O–H groups in total. The summed E-state index contributed by atoms with van der Waals surface area (Å²) < 4.78 is 40.4. The summed E-state index contributed by atoms with van der Waals surface area (Å²) in [6.07, 6.45) is -1.73. The minimum atomic E-state index is -2.50. The number of aliphatic hydroxyl groups excluding tert-OH is 1. The van der Waals surface area contributed by atoms with Gasteiger partial charge in [0.15, 0.2) is 11.5 Å². The van der Waals surface area contributed by atoms with Crippen LogP contribution in [0.15, 0.2) is 60.7 Å². The smallest absolute Gasteiger partial charge is 0.343 e. The lowest BCUT2D eigenvalue weighted by Gasteiger charge is -2.26. The molecule has 39 heavy (non-hydrogen) atoms. The molecule has 0 aromatic heterocycles. The number of Topliss-reactive ketones (excluding diaryl/α,β-unsaturated/α-hetero) is 1. The van der Waals surface area contributed by atoms with Gasteiger partial charge in [-0.05, 0) is 93.4 Å². The minimum absolute atomic E-state index is 0.0812. The predicted molar refractivity (Wildman–Crippen MR) is 146 cm³/mol. The van der Waals surface area contributed by atoms with Crippen LogP contribution in [0.2, 0.25) is 0 Å². The van der Waals surface area contributed by atoms with E-state index in [2.05, 4.69) is 18.7 Å². The molecule has 2 atom stereocenters. The molecule has 0 fully saturated rings. The summed E-state index contributed by atoms with van der Waals surface area (Å²) in [7, 11) is 1.51. The molecule has 0 radical (unpaired) electrons. The second-order valence-electron chi connectivity index (χ2n) is 9.87. The Kier molecular flexibility index (Phi) is 9.59. The van der Waals surface area contributed by atoms with Crippen molar-refractivity contribution >= 4 is 11.8 Å². The summed E-state index contributed by atoms with van der Waals surface area (Å²) in [5.41, 5.74) is -0.456. The fraction of sp³-hybridized carbons (Fsp3) is 0.355. The van der Waals surface area contributed by atoms with Gasteiger partial charge in [0.25, 0.3) is 0 Å². The van der Waals surface area contributed by atoms with Gasteiger partial charge in [0.1, 0.15) is 23.4 Å². The number of esters is 1. The maximum Gasteiger partial charge on any atom is 0.343 e. The molecule has 8 heteroatoms. The van der Waals surface area contributed by atoms with E-state index in [4.69, 9.17) is 9.47 Å². The zero-order valence-electron chi connectivity index (χ0n) is 23.1. The van der Waals surface area contributed by atoms with Crippen LogP contribution in [-0.4, -0.2) is 47.1 Å². The van der Waals surface area contributed by atoms with Gasteiger partial charge in [-0.25, -0.2) is 13.6 Å². The van der Waals surface area contributed by atoms with Crippen molar-refractivity contribution in [3.8, 4) is 22.6 Å². The number of hydrogen-bond acceptors (Lipinski definition) is 6. The van der Waals surface area contributed by atoms with Gasteiger partial charge >= 0.3 is 5.97 Å². The number of ether oxygens (including phenoxy) is 2. The highest BCUT2D eigenvalue weighted by Gasteiger charge is 2.39. The fourth-order valence-corrected chi connectivity index (χ4v) is 4.25. The van der Waals surface area contributed by atoms with Crippen LogP contribution in [-0.2, 0) is 11.3 Å². The van der Waals surface area contributed by atoms with E-state index in [1.807, 2.05) is 6.92 Å². The van der Waals surface area contributed by atoms with Crippen molar-refractivity contribution in [2.45, 2.75) is 59.0 Å². The van der Waals surface area contributed by atoms with Crippen LogP contribution in [0.1, 0.15) is 62.2 Å². The van der Waals surface area contributed by atoms with E-state index in [0.717, 1.165) is 26.0 Å². The predicted octanol–water partition coefficient (Wildman–Crippen LogP) is 6.30. The molecule has 3 rings (SSSR count). The van der Waals surface area contributed by atoms with E-state index in [-0.39, 0.29) is 22.9 Å². The number of carbonyl (C=O) groups excluding carboxylic acids is 2. The number of alkyl halides is 1. The number of aliphatic hydroxyl groups is 1. The van der Waals surface area contributed by atoms with Crippen LogP contribution < -0.4 is 9.47 Å². The van der Waals surface area contributed by atoms with Crippen molar-refractivity contribution in [1.82, 2.24) is 4.90 Å². The monoisotopic (exact) mass is 539 g/mol. The third-order valence-electron chi connectivity index (χ3n) is 6.90. The Morgan fingerprint density at radius 3 is 2.36 bits per heavy atom. The minimum Gasteiger partial charge on any atom is -0.497 e. The van der Waals surface area contributed by atoms with Crippen LogP contribution in [0, 0.1) is 5.82 Å². The number of ketones is 1. The van der Waals surface area contributed by atoms with Crippen LogP contribution in [0.25, 0.3) is 11.1 Å². The zero-order valence-corrected chi connectivity index (χ0v) is 23.1. The Bertz CT molecular complexity index is 1340. The van der Waals surface area contributed by atoms with Gasteiger partial charge in [0.2, 0.25) is 0 Å². The molecule has 208 valence electrons. The highest BCUT2D eigenvalue weighted by Crippen LogP contribution is 2.34. The van der Waals surface area contributed by atoms with Crippen LogP contribution >= 0.6 is 0 Å². The average molecular weight is 540 g/mol. The first kappa shape index (κ1) is 29.9. The largest absolute Gasteiger partial charge is 0.497 e. The van der Waals surface area contributed by atoms with Gasteiger partial charge in [-0.2, -0.15) is 0 Å². The number of halogens is 2. The van der Waals surface area contributed by atoms with Crippen LogP contribution in [0.3, 0.4) is 0 Å². The molecule has 0 aliphatic rings. The van der Waals surface area contributed by atoms with E-state index >= 15 is 0 Å². The molecule has 0 saturated heterocycles. The first-order valence-corrected chi connectivity index (χ1v) is 12.8. The lowest BCUT2D eigenvalue weighted by atomic mass is 9.91. The summed E-state index contributed by atoms with van der Waals surface area (Å²) in [4.78, 5) is 26.9. The number of rotatable bonds is 11. The normalized spacial score (nSPS) is 13.7. The molecule has 3 aromatic carbocycles. The maximum atomic E-state index is 14.9. The number of hydrogen-bond donors (Lipinski definition) is 1. The van der Waals surface area contributed by atoms with Crippen LogP contribution in [0.5, 0.6) is 11.5 Å². The first-order valence-electron chi connectivity index (χ1n) is 12.8. The average Bonchev–Trinajstić information content (AvgIpc) is 2.91. The third-order valence-corrected chi connectivity index (χ3v) is 6.90. The molecule has 0 bridgehead atoms. The molecular formula is C31H35F2NO5. The Hall–Kier alpha value is -3.62. The molecular weight excluding hydrogens is 504 g/mol. The van der Waals surface area contributed by atoms with E-state index < -0.39 is 29.3 Å². The van der Waals surface area contributed by atoms with Crippen molar-refractivity contribution in [3.05, 3.63) is 83.2 Å². The molecule has 0 aliphatic heterocycles. The third kappa shape index (κ3) is 6.88. The topological polar surface area (TPSA) is 76.1 Å². The number of benzene rings is 3. The summed E-state index contributed by atoms with van der Waals surface area (Å²) >= 11 is 0. The highest BCUT2D eigenvalue weighted by atomic mass is 19.1. The second kappa shape index (κ2) is 12.5. The van der Waals surface area contributed by atoms with Crippen molar-refractivity contribution in [3.63, 3.8) is 0 Å². The van der Waals surface area contributed by atoms with Gasteiger partial charge in [-0.3, -0.25) is 9.69 Å². The molecule has 0 spiro atoms. The van der Waals surface area contributed by atoms with Gasteiger partial charge in [0, 0.05) is 18.2 Å². The molecule has 0 heterocycles. The number of nitrogens with zero attached hydrogens (tertiary/aromatic N) is 1. The van der Waals surface area contributed by atoms with Crippen LogP contribution in [0.4, 0.5) is 8.78 Å². The van der Waals surface area contributed by atoms with Gasteiger partial charge in [-0.15, -0.1) is 0 Å². The Balaban J connectivity index is 1.98. The lowest BCUT2D eigenvalue weighted by Crippen LogP contribution is -2.35. The van der Waals surface area contributed by atoms with Crippen molar-refractivity contribution in [2.75, 3.05) is 13.7 Å². The number of methoxy groups -OCH3 is 1. The van der Waals surface area contributed by atoms with Gasteiger partial charge in [0.05, 0.1) is 12.7 Å². The van der Waals surface area contributed by atoms with E-state index in [0.29, 0.717) is 23.4 Å². The van der Waals surface area contributed by atoms with E-state index in [9.17, 15) is 23.5 Å². The summed E-state index contributed by atoms with van der Waals surface area (Å²) in [5.74, 6) is -1.32. The van der Waals surface area contributed by atoms with E-state index in [1.165, 1.54) is 37.4 Å². The summed E-state index contributed by atoms with van der Waals surface area (Å²) in [5, 5.41) is 10.4. The fourth-order valence-electron chi connectivity index (χ4n) is 4.25.